The minimum absolute atomic E-state index is 0.0249. The quantitative estimate of drug-likeness (QED) is 0.291. The fraction of sp³-hybridized carbons (Fsp3) is 0.125. The Balaban J connectivity index is 0.00000137. The Hall–Kier alpha value is -3.73. The van der Waals surface area contributed by atoms with Gasteiger partial charge in [0.15, 0.2) is 0 Å². The Morgan fingerprint density at radius 1 is 1.09 bits per heavy atom. The molecule has 6 N–H and O–H groups in total. The molecule has 0 heterocycles. The van der Waals surface area contributed by atoms with Crippen molar-refractivity contribution in [2.75, 3.05) is 16.8 Å². The Bertz CT molecular complexity index is 1350. The summed E-state index contributed by atoms with van der Waals surface area (Å²) >= 11 is 6.35. The van der Waals surface area contributed by atoms with Crippen molar-refractivity contribution >= 4 is 51.2 Å². The van der Waals surface area contributed by atoms with Crippen molar-refractivity contribution in [3.05, 3.63) is 77.3 Å². The molecule has 0 radical (unpaired) electrons. The van der Waals surface area contributed by atoms with Gasteiger partial charge in [0.1, 0.15) is 6.54 Å². The second kappa shape index (κ2) is 12.1. The lowest BCUT2D eigenvalue weighted by molar-refractivity contribution is -0.120. The molecule has 0 saturated heterocycles. The monoisotopic (exact) mass is 515 g/mol. The summed E-state index contributed by atoms with van der Waals surface area (Å²) in [7, 11) is -3.92. The van der Waals surface area contributed by atoms with Crippen LogP contribution in [0, 0.1) is 12.3 Å². The third-order valence-electron chi connectivity index (χ3n) is 4.74. The van der Waals surface area contributed by atoms with E-state index in [0.29, 0.717) is 22.5 Å². The van der Waals surface area contributed by atoms with Crippen LogP contribution in [0.2, 0.25) is 5.02 Å². The normalized spacial score (nSPS) is 10.5. The molecule has 0 aliphatic rings. The zero-order valence-corrected chi connectivity index (χ0v) is 20.7. The van der Waals surface area contributed by atoms with Gasteiger partial charge in [0.25, 0.3) is 0 Å². The zero-order chi connectivity index (χ0) is 26.2. The molecular formula is C24H26ClN5O4S. The van der Waals surface area contributed by atoms with Gasteiger partial charge < -0.3 is 16.0 Å². The first-order valence-corrected chi connectivity index (χ1v) is 12.2. The van der Waals surface area contributed by atoms with Gasteiger partial charge in [-0.15, -0.1) is 0 Å². The van der Waals surface area contributed by atoms with E-state index >= 15 is 0 Å². The molecule has 35 heavy (non-hydrogen) atoms. The summed E-state index contributed by atoms with van der Waals surface area (Å²) in [6, 6.07) is 18.3. The lowest BCUT2D eigenvalue weighted by atomic mass is 10.1. The predicted octanol–water partition coefficient (Wildman–Crippen LogP) is 3.51. The van der Waals surface area contributed by atoms with Crippen LogP contribution in [0.25, 0.3) is 11.1 Å². The minimum Gasteiger partial charge on any atom is -0.390 e. The van der Waals surface area contributed by atoms with Crippen LogP contribution in [-0.2, 0) is 19.6 Å². The molecule has 184 valence electrons. The SMILES string of the molecule is CC(=O)N(CC(=O)Nc1ccc(-c2ccccc2S(N)(=O)=O)cc1Cl)c1cccc(C)c1.N=CN. The van der Waals surface area contributed by atoms with E-state index in [9.17, 15) is 18.0 Å². The molecule has 3 aromatic carbocycles. The minimum atomic E-state index is -3.92. The summed E-state index contributed by atoms with van der Waals surface area (Å²) in [5.41, 5.74) is 7.24. The second-order valence-electron chi connectivity index (χ2n) is 7.39. The van der Waals surface area contributed by atoms with E-state index < -0.39 is 15.9 Å². The van der Waals surface area contributed by atoms with Crippen molar-refractivity contribution in [1.29, 1.82) is 5.41 Å². The molecule has 0 bridgehead atoms. The molecule has 0 unspecified atom stereocenters. The fourth-order valence-electron chi connectivity index (χ4n) is 3.25. The van der Waals surface area contributed by atoms with Crippen molar-refractivity contribution in [3.8, 4) is 11.1 Å². The average molecular weight is 516 g/mol. The number of anilines is 2. The van der Waals surface area contributed by atoms with Crippen molar-refractivity contribution < 1.29 is 18.0 Å². The number of primary sulfonamides is 1. The number of nitrogens with one attached hydrogen (secondary N) is 2. The molecule has 9 nitrogen and oxygen atoms in total. The number of amides is 2. The molecule has 3 rings (SSSR count). The van der Waals surface area contributed by atoms with Crippen molar-refractivity contribution in [2.45, 2.75) is 18.7 Å². The van der Waals surface area contributed by atoms with Crippen LogP contribution in [0.3, 0.4) is 0 Å². The number of halogens is 1. The molecule has 0 aromatic heterocycles. The van der Waals surface area contributed by atoms with Crippen LogP contribution >= 0.6 is 11.6 Å². The van der Waals surface area contributed by atoms with Gasteiger partial charge in [-0.1, -0.05) is 48.0 Å². The van der Waals surface area contributed by atoms with Gasteiger partial charge in [0.05, 0.1) is 21.9 Å². The number of hydrogen-bond acceptors (Lipinski definition) is 5. The molecular weight excluding hydrogens is 490 g/mol. The van der Waals surface area contributed by atoms with Gasteiger partial charge in [-0.05, 0) is 48.4 Å². The molecule has 2 amide bonds. The molecule has 3 aromatic rings. The standard InChI is InChI=1S/C23H22ClN3O4S.CH4N2/c1-15-6-5-7-18(12-15)27(16(2)28)14-23(29)26-21-11-10-17(13-20(21)24)19-8-3-4-9-22(19)32(25,30)31;2-1-3/h3-13H,14H2,1-2H3,(H,26,29)(H2,25,30,31);1H,(H3,2,3). The molecule has 0 spiro atoms. The third-order valence-corrected chi connectivity index (χ3v) is 6.02. The first-order valence-electron chi connectivity index (χ1n) is 10.2. The highest BCUT2D eigenvalue weighted by Gasteiger charge is 2.18. The van der Waals surface area contributed by atoms with Gasteiger partial charge in [0, 0.05) is 18.2 Å². The summed E-state index contributed by atoms with van der Waals surface area (Å²) < 4.78 is 23.8. The predicted molar refractivity (Wildman–Crippen MR) is 139 cm³/mol. The van der Waals surface area contributed by atoms with Gasteiger partial charge in [-0.25, -0.2) is 13.6 Å². The summed E-state index contributed by atoms with van der Waals surface area (Å²) in [5, 5.41) is 14.1. The van der Waals surface area contributed by atoms with E-state index in [1.165, 1.54) is 17.9 Å². The summed E-state index contributed by atoms with van der Waals surface area (Å²) in [4.78, 5) is 26.0. The van der Waals surface area contributed by atoms with Crippen molar-refractivity contribution in [2.24, 2.45) is 10.9 Å². The van der Waals surface area contributed by atoms with E-state index in [2.05, 4.69) is 11.1 Å². The summed E-state index contributed by atoms with van der Waals surface area (Å²) in [6.07, 6.45) is 0.750. The van der Waals surface area contributed by atoms with Gasteiger partial charge >= 0.3 is 0 Å². The number of nitrogens with zero attached hydrogens (tertiary/aromatic N) is 1. The second-order valence-corrected chi connectivity index (χ2v) is 9.33. The van der Waals surface area contributed by atoms with Crippen LogP contribution < -0.4 is 21.1 Å². The fourth-order valence-corrected chi connectivity index (χ4v) is 4.24. The topological polar surface area (TPSA) is 159 Å². The Labute approximate surface area is 209 Å². The number of benzene rings is 3. The number of carbonyl (C=O) groups excluding carboxylic acids is 2. The number of sulfonamides is 1. The average Bonchev–Trinajstić information content (AvgIpc) is 2.78. The maximum Gasteiger partial charge on any atom is 0.244 e. The molecule has 0 fully saturated rings. The summed E-state index contributed by atoms with van der Waals surface area (Å²) in [6.45, 7) is 3.10. The number of nitrogens with two attached hydrogens (primary N) is 2. The molecule has 11 heteroatoms. The molecule has 0 aliphatic carbocycles. The highest BCUT2D eigenvalue weighted by Crippen LogP contribution is 2.32. The smallest absolute Gasteiger partial charge is 0.244 e. The first-order chi connectivity index (χ1) is 16.5. The van der Waals surface area contributed by atoms with E-state index in [4.69, 9.17) is 22.1 Å². The maximum absolute atomic E-state index is 12.6. The molecule has 0 aliphatic heterocycles. The Kier molecular flexibility index (Phi) is 9.52. The highest BCUT2D eigenvalue weighted by molar-refractivity contribution is 7.89. The zero-order valence-electron chi connectivity index (χ0n) is 19.2. The van der Waals surface area contributed by atoms with Gasteiger partial charge in [-0.2, -0.15) is 0 Å². The maximum atomic E-state index is 12.6. The molecule has 0 atom stereocenters. The van der Waals surface area contributed by atoms with Crippen LogP contribution in [0.4, 0.5) is 11.4 Å². The van der Waals surface area contributed by atoms with E-state index in [1.807, 2.05) is 25.1 Å². The van der Waals surface area contributed by atoms with Crippen molar-refractivity contribution in [1.82, 2.24) is 0 Å². The number of rotatable bonds is 6. The lowest BCUT2D eigenvalue weighted by Gasteiger charge is -2.21. The van der Waals surface area contributed by atoms with Gasteiger partial charge in [-0.3, -0.25) is 15.0 Å². The van der Waals surface area contributed by atoms with E-state index in [1.54, 1.807) is 42.5 Å². The van der Waals surface area contributed by atoms with Crippen LogP contribution in [0.15, 0.2) is 71.6 Å². The Morgan fingerprint density at radius 3 is 2.31 bits per heavy atom. The molecule has 0 saturated carbocycles. The van der Waals surface area contributed by atoms with E-state index in [-0.39, 0.29) is 22.4 Å². The number of aryl methyl sites for hydroxylation is 1. The Morgan fingerprint density at radius 2 is 1.74 bits per heavy atom. The largest absolute Gasteiger partial charge is 0.390 e. The van der Waals surface area contributed by atoms with Gasteiger partial charge in [0.2, 0.25) is 21.8 Å². The number of carbonyl (C=O) groups is 2. The summed E-state index contributed by atoms with van der Waals surface area (Å²) in [5.74, 6) is -0.701. The van der Waals surface area contributed by atoms with Crippen LogP contribution in [-0.4, -0.2) is 33.1 Å². The van der Waals surface area contributed by atoms with Crippen LogP contribution in [0.5, 0.6) is 0 Å². The van der Waals surface area contributed by atoms with E-state index in [0.717, 1.165) is 11.9 Å². The number of hydrogen-bond donors (Lipinski definition) is 4. The first kappa shape index (κ1) is 27.5. The highest BCUT2D eigenvalue weighted by atomic mass is 35.5. The lowest BCUT2D eigenvalue weighted by Crippen LogP contribution is -2.36. The third kappa shape index (κ3) is 7.64. The van der Waals surface area contributed by atoms with Crippen molar-refractivity contribution in [3.63, 3.8) is 0 Å². The van der Waals surface area contributed by atoms with Crippen LogP contribution in [0.1, 0.15) is 12.5 Å².